The number of hydrogen-bond donors (Lipinski definition) is 4. The second kappa shape index (κ2) is 11.7. The normalized spacial score (nSPS) is 13.2. The Bertz CT molecular complexity index is 1260. The summed E-state index contributed by atoms with van der Waals surface area (Å²) < 4.78 is 0. The predicted octanol–water partition coefficient (Wildman–Crippen LogP) is 5.27. The Hall–Kier alpha value is -4.58. The molecule has 0 aliphatic carbocycles. The number of aliphatic imine (C=N–C) groups is 2. The Morgan fingerprint density at radius 3 is 1.17 bits per heavy atom. The number of para-hydroxylation sites is 4. The molecule has 0 heterocycles. The van der Waals surface area contributed by atoms with Crippen molar-refractivity contribution >= 4 is 12.4 Å². The van der Waals surface area contributed by atoms with E-state index in [1.165, 1.54) is 0 Å². The van der Waals surface area contributed by atoms with Crippen molar-refractivity contribution < 1.29 is 20.4 Å². The first-order chi connectivity index (χ1) is 17.5. The van der Waals surface area contributed by atoms with E-state index in [4.69, 9.17) is 9.98 Å². The molecule has 6 heteroatoms. The predicted molar refractivity (Wildman–Crippen MR) is 143 cm³/mol. The van der Waals surface area contributed by atoms with Crippen LogP contribution in [-0.4, -0.2) is 44.9 Å². The van der Waals surface area contributed by atoms with E-state index < -0.39 is 12.1 Å². The SMILES string of the molecule is Oc1ccccc1/C=N/C(Cc1ccccc1O)C(Cc1ccccc1O)/N=C/c1ccccc1O. The molecule has 0 spiro atoms. The average molecular weight is 481 g/mol. The van der Waals surface area contributed by atoms with Crippen molar-refractivity contribution in [3.63, 3.8) is 0 Å². The topological polar surface area (TPSA) is 106 Å². The van der Waals surface area contributed by atoms with Gasteiger partial charge in [0.15, 0.2) is 0 Å². The molecule has 0 fully saturated rings. The van der Waals surface area contributed by atoms with Crippen LogP contribution in [0.25, 0.3) is 0 Å². The highest BCUT2D eigenvalue weighted by molar-refractivity contribution is 5.84. The van der Waals surface area contributed by atoms with E-state index >= 15 is 0 Å². The van der Waals surface area contributed by atoms with Gasteiger partial charge in [-0.2, -0.15) is 0 Å². The molecule has 2 atom stereocenters. The largest absolute Gasteiger partial charge is 0.508 e. The highest BCUT2D eigenvalue weighted by atomic mass is 16.3. The summed E-state index contributed by atoms with van der Waals surface area (Å²) in [6.07, 6.45) is 3.95. The molecule has 4 aromatic carbocycles. The molecule has 0 saturated carbocycles. The molecule has 0 aliphatic rings. The van der Waals surface area contributed by atoms with Gasteiger partial charge < -0.3 is 20.4 Å². The summed E-state index contributed by atoms with van der Waals surface area (Å²) in [5.74, 6) is 0.535. The molecule has 4 N–H and O–H groups in total. The van der Waals surface area contributed by atoms with Crippen LogP contribution in [0.1, 0.15) is 22.3 Å². The molecule has 0 aromatic heterocycles. The average Bonchev–Trinajstić information content (AvgIpc) is 2.88. The molecular formula is C30H28N2O4. The fourth-order valence-electron chi connectivity index (χ4n) is 3.94. The molecule has 36 heavy (non-hydrogen) atoms. The lowest BCUT2D eigenvalue weighted by Crippen LogP contribution is -2.28. The maximum atomic E-state index is 10.4. The third-order valence-corrected chi connectivity index (χ3v) is 5.97. The van der Waals surface area contributed by atoms with E-state index in [1.54, 1.807) is 73.1 Å². The molecule has 182 valence electrons. The van der Waals surface area contributed by atoms with Crippen molar-refractivity contribution in [1.82, 2.24) is 0 Å². The number of phenolic OH excluding ortho intramolecular Hbond substituents is 4. The highest BCUT2D eigenvalue weighted by Crippen LogP contribution is 2.26. The summed E-state index contributed by atoms with van der Waals surface area (Å²) in [5.41, 5.74) is 2.53. The number of rotatable bonds is 9. The summed E-state index contributed by atoms with van der Waals surface area (Å²) in [5, 5.41) is 41.3. The van der Waals surface area contributed by atoms with E-state index in [1.807, 2.05) is 36.4 Å². The van der Waals surface area contributed by atoms with Crippen LogP contribution in [0, 0.1) is 0 Å². The van der Waals surface area contributed by atoms with Gasteiger partial charge in [-0.25, -0.2) is 0 Å². The van der Waals surface area contributed by atoms with Crippen molar-refractivity contribution in [2.45, 2.75) is 24.9 Å². The number of benzene rings is 4. The van der Waals surface area contributed by atoms with Gasteiger partial charge in [-0.15, -0.1) is 0 Å². The van der Waals surface area contributed by atoms with Crippen LogP contribution in [-0.2, 0) is 12.8 Å². The summed E-state index contributed by atoms with van der Waals surface area (Å²) >= 11 is 0. The van der Waals surface area contributed by atoms with E-state index in [0.29, 0.717) is 35.1 Å². The molecule has 0 radical (unpaired) electrons. The zero-order valence-corrected chi connectivity index (χ0v) is 19.6. The number of nitrogens with zero attached hydrogens (tertiary/aromatic N) is 2. The molecule has 2 unspecified atom stereocenters. The van der Waals surface area contributed by atoms with E-state index in [9.17, 15) is 20.4 Å². The second-order valence-corrected chi connectivity index (χ2v) is 8.47. The Kier molecular flexibility index (Phi) is 7.98. The molecule has 0 amide bonds. The van der Waals surface area contributed by atoms with Crippen LogP contribution >= 0.6 is 0 Å². The maximum Gasteiger partial charge on any atom is 0.124 e. The second-order valence-electron chi connectivity index (χ2n) is 8.47. The highest BCUT2D eigenvalue weighted by Gasteiger charge is 2.23. The van der Waals surface area contributed by atoms with Crippen molar-refractivity contribution in [3.8, 4) is 23.0 Å². The standard InChI is InChI=1S/C30H28N2O4/c33-27-13-5-1-9-21(27)17-25(31-19-23-11-3-7-15-29(23)35)26(18-22-10-2-6-14-28(22)34)32-20-24-12-4-8-16-30(24)36/h1-16,19-20,25-26,33-36H,17-18H2/b31-19+,32-20+. The van der Waals surface area contributed by atoms with Gasteiger partial charge in [0, 0.05) is 36.4 Å². The lowest BCUT2D eigenvalue weighted by molar-refractivity contribution is 0.448. The minimum Gasteiger partial charge on any atom is -0.508 e. The van der Waals surface area contributed by atoms with Crippen molar-refractivity contribution in [1.29, 1.82) is 0 Å². The van der Waals surface area contributed by atoms with Gasteiger partial charge in [0.1, 0.15) is 23.0 Å². The van der Waals surface area contributed by atoms with Gasteiger partial charge >= 0.3 is 0 Å². The van der Waals surface area contributed by atoms with E-state index in [0.717, 1.165) is 0 Å². The Morgan fingerprint density at radius 1 is 0.472 bits per heavy atom. The van der Waals surface area contributed by atoms with Crippen LogP contribution < -0.4 is 0 Å². The third kappa shape index (κ3) is 6.30. The fraction of sp³-hybridized carbons (Fsp3) is 0.133. The van der Waals surface area contributed by atoms with Crippen LogP contribution in [0.3, 0.4) is 0 Å². The third-order valence-electron chi connectivity index (χ3n) is 5.97. The first-order valence-corrected chi connectivity index (χ1v) is 11.7. The van der Waals surface area contributed by atoms with Gasteiger partial charge in [-0.1, -0.05) is 60.7 Å². The van der Waals surface area contributed by atoms with Gasteiger partial charge in [-0.05, 0) is 47.5 Å². The van der Waals surface area contributed by atoms with Gasteiger partial charge in [0.05, 0.1) is 12.1 Å². The summed E-state index contributed by atoms with van der Waals surface area (Å²) in [6, 6.07) is 27.0. The lowest BCUT2D eigenvalue weighted by Gasteiger charge is -2.22. The molecule has 0 saturated heterocycles. The quantitative estimate of drug-likeness (QED) is 0.245. The van der Waals surface area contributed by atoms with E-state index in [-0.39, 0.29) is 23.0 Å². The van der Waals surface area contributed by atoms with Crippen molar-refractivity contribution in [3.05, 3.63) is 119 Å². The van der Waals surface area contributed by atoms with Crippen LogP contribution in [0.4, 0.5) is 0 Å². The minimum atomic E-state index is -0.459. The van der Waals surface area contributed by atoms with Crippen LogP contribution in [0.5, 0.6) is 23.0 Å². The van der Waals surface area contributed by atoms with E-state index in [2.05, 4.69) is 0 Å². The van der Waals surface area contributed by atoms with Crippen LogP contribution in [0.15, 0.2) is 107 Å². The van der Waals surface area contributed by atoms with Gasteiger partial charge in [0.2, 0.25) is 0 Å². The van der Waals surface area contributed by atoms with Crippen molar-refractivity contribution in [2.24, 2.45) is 9.98 Å². The van der Waals surface area contributed by atoms with Gasteiger partial charge in [-0.3, -0.25) is 9.98 Å². The zero-order chi connectivity index (χ0) is 25.3. The Labute approximate surface area is 210 Å². The monoisotopic (exact) mass is 480 g/mol. The summed E-state index contributed by atoms with van der Waals surface area (Å²) in [4.78, 5) is 9.60. The Morgan fingerprint density at radius 2 is 0.806 bits per heavy atom. The smallest absolute Gasteiger partial charge is 0.124 e. The summed E-state index contributed by atoms with van der Waals surface area (Å²) in [6.45, 7) is 0. The van der Waals surface area contributed by atoms with Crippen molar-refractivity contribution in [2.75, 3.05) is 0 Å². The number of aromatic hydroxyl groups is 4. The molecule has 6 nitrogen and oxygen atoms in total. The first kappa shape index (κ1) is 24.5. The molecule has 4 aromatic rings. The molecule has 4 rings (SSSR count). The number of phenols is 4. The zero-order valence-electron chi connectivity index (χ0n) is 19.6. The van der Waals surface area contributed by atoms with Crippen LogP contribution in [0.2, 0.25) is 0 Å². The minimum absolute atomic E-state index is 0.109. The summed E-state index contributed by atoms with van der Waals surface area (Å²) in [7, 11) is 0. The molecule has 0 bridgehead atoms. The first-order valence-electron chi connectivity index (χ1n) is 11.7. The number of hydrogen-bond acceptors (Lipinski definition) is 6. The fourth-order valence-corrected chi connectivity index (χ4v) is 3.94. The Balaban J connectivity index is 1.75. The molecule has 0 aliphatic heterocycles. The maximum absolute atomic E-state index is 10.4. The molecular weight excluding hydrogens is 452 g/mol. The van der Waals surface area contributed by atoms with Gasteiger partial charge in [0.25, 0.3) is 0 Å². The lowest BCUT2D eigenvalue weighted by atomic mass is 9.94.